The SMILES string of the molecule is Cc1nc(C(Cc2c[nH]c3ccccc23)NC(=O)CCc2ccccc2F)cc(N(C)C)n1. The van der Waals surface area contributed by atoms with E-state index in [1.807, 2.05) is 56.4 Å². The average molecular weight is 446 g/mol. The number of hydrogen-bond acceptors (Lipinski definition) is 4. The third-order valence-corrected chi connectivity index (χ3v) is 5.67. The largest absolute Gasteiger partial charge is 0.363 e. The molecule has 1 amide bonds. The summed E-state index contributed by atoms with van der Waals surface area (Å²) >= 11 is 0. The molecule has 4 rings (SSSR count). The lowest BCUT2D eigenvalue weighted by molar-refractivity contribution is -0.121. The van der Waals surface area contributed by atoms with Gasteiger partial charge in [-0.25, -0.2) is 14.4 Å². The van der Waals surface area contributed by atoms with Gasteiger partial charge in [0.25, 0.3) is 0 Å². The lowest BCUT2D eigenvalue weighted by atomic mass is 10.0. The van der Waals surface area contributed by atoms with Crippen molar-refractivity contribution in [3.63, 3.8) is 0 Å². The molecule has 2 heterocycles. The van der Waals surface area contributed by atoms with Crippen LogP contribution in [0, 0.1) is 12.7 Å². The van der Waals surface area contributed by atoms with Gasteiger partial charge in [0, 0.05) is 50.1 Å². The summed E-state index contributed by atoms with van der Waals surface area (Å²) in [5.74, 6) is 0.983. The van der Waals surface area contributed by atoms with Crippen molar-refractivity contribution in [2.75, 3.05) is 19.0 Å². The van der Waals surface area contributed by atoms with Crippen LogP contribution in [0.4, 0.5) is 10.2 Å². The molecule has 0 aliphatic carbocycles. The molecule has 0 saturated carbocycles. The van der Waals surface area contributed by atoms with Gasteiger partial charge in [-0.1, -0.05) is 36.4 Å². The molecule has 0 radical (unpaired) electrons. The number of halogens is 1. The first-order valence-electron chi connectivity index (χ1n) is 11.0. The van der Waals surface area contributed by atoms with Crippen LogP contribution in [0.5, 0.6) is 0 Å². The van der Waals surface area contributed by atoms with Crippen molar-refractivity contribution in [3.8, 4) is 0 Å². The molecule has 170 valence electrons. The standard InChI is InChI=1S/C26H28FN5O/c1-17-29-24(15-25(30-17)32(2)3)23(14-19-16-28-22-11-7-5-9-20(19)22)31-26(33)13-12-18-8-4-6-10-21(18)27/h4-11,15-16,23,28H,12-14H2,1-3H3,(H,31,33). The Bertz CT molecular complexity index is 1270. The third-order valence-electron chi connectivity index (χ3n) is 5.67. The van der Waals surface area contributed by atoms with E-state index in [0.29, 0.717) is 24.2 Å². The fourth-order valence-corrected chi connectivity index (χ4v) is 3.95. The van der Waals surface area contributed by atoms with Crippen molar-refractivity contribution in [1.82, 2.24) is 20.3 Å². The lowest BCUT2D eigenvalue weighted by Crippen LogP contribution is -2.31. The number of anilines is 1. The Balaban J connectivity index is 1.60. The molecule has 2 aromatic carbocycles. The highest BCUT2D eigenvalue weighted by atomic mass is 19.1. The van der Waals surface area contributed by atoms with Gasteiger partial charge in [-0.05, 0) is 36.6 Å². The Labute approximate surface area is 192 Å². The number of fused-ring (bicyclic) bond motifs is 1. The fraction of sp³-hybridized carbons (Fsp3) is 0.269. The molecule has 2 aromatic heterocycles. The molecule has 1 unspecified atom stereocenters. The van der Waals surface area contributed by atoms with Crippen LogP contribution in [0.3, 0.4) is 0 Å². The Morgan fingerprint density at radius 3 is 2.64 bits per heavy atom. The van der Waals surface area contributed by atoms with Crippen LogP contribution in [0.25, 0.3) is 10.9 Å². The second-order valence-corrected chi connectivity index (χ2v) is 8.37. The molecular formula is C26H28FN5O. The summed E-state index contributed by atoms with van der Waals surface area (Å²) in [6, 6.07) is 16.2. The highest BCUT2D eigenvalue weighted by Gasteiger charge is 2.20. The van der Waals surface area contributed by atoms with Gasteiger partial charge in [-0.15, -0.1) is 0 Å². The van der Waals surface area contributed by atoms with Crippen LogP contribution in [0.1, 0.15) is 35.1 Å². The smallest absolute Gasteiger partial charge is 0.220 e. The minimum Gasteiger partial charge on any atom is -0.363 e. The first-order chi connectivity index (χ1) is 15.9. The van der Waals surface area contributed by atoms with E-state index in [2.05, 4.69) is 26.3 Å². The topological polar surface area (TPSA) is 73.9 Å². The normalized spacial score (nSPS) is 12.0. The predicted octanol–water partition coefficient (Wildman–Crippen LogP) is 4.50. The van der Waals surface area contributed by atoms with Crippen LogP contribution in [-0.2, 0) is 17.6 Å². The number of aryl methyl sites for hydroxylation is 2. The van der Waals surface area contributed by atoms with E-state index in [4.69, 9.17) is 0 Å². The van der Waals surface area contributed by atoms with Gasteiger partial charge in [0.05, 0.1) is 11.7 Å². The van der Waals surface area contributed by atoms with Crippen molar-refractivity contribution in [2.45, 2.75) is 32.2 Å². The summed E-state index contributed by atoms with van der Waals surface area (Å²) in [4.78, 5) is 27.2. The number of nitrogens with one attached hydrogen (secondary N) is 2. The number of aromatic amines is 1. The zero-order valence-electron chi connectivity index (χ0n) is 19.1. The average Bonchev–Trinajstić information content (AvgIpc) is 3.20. The van der Waals surface area contributed by atoms with Crippen molar-refractivity contribution < 1.29 is 9.18 Å². The zero-order valence-corrected chi connectivity index (χ0v) is 19.1. The molecule has 0 aliphatic heterocycles. The van der Waals surface area contributed by atoms with E-state index in [9.17, 15) is 9.18 Å². The number of para-hydroxylation sites is 1. The van der Waals surface area contributed by atoms with Crippen molar-refractivity contribution in [3.05, 3.63) is 89.3 Å². The Morgan fingerprint density at radius 2 is 1.85 bits per heavy atom. The summed E-state index contributed by atoms with van der Waals surface area (Å²) in [6.45, 7) is 1.85. The first-order valence-corrected chi connectivity index (χ1v) is 11.0. The van der Waals surface area contributed by atoms with Gasteiger partial charge in [-0.3, -0.25) is 4.79 Å². The molecular weight excluding hydrogens is 417 g/mol. The zero-order chi connectivity index (χ0) is 23.4. The van der Waals surface area contributed by atoms with Crippen LogP contribution >= 0.6 is 0 Å². The molecule has 0 spiro atoms. The number of carbonyl (C=O) groups excluding carboxylic acids is 1. The number of aromatic nitrogens is 3. The molecule has 4 aromatic rings. The van der Waals surface area contributed by atoms with Crippen LogP contribution in [0.15, 0.2) is 60.8 Å². The van der Waals surface area contributed by atoms with Gasteiger partial charge in [0.15, 0.2) is 0 Å². The first kappa shape index (κ1) is 22.5. The van der Waals surface area contributed by atoms with Gasteiger partial charge in [-0.2, -0.15) is 0 Å². The highest BCUT2D eigenvalue weighted by molar-refractivity contribution is 5.83. The van der Waals surface area contributed by atoms with E-state index in [1.54, 1.807) is 18.2 Å². The molecule has 7 heteroatoms. The number of rotatable bonds is 8. The van der Waals surface area contributed by atoms with E-state index >= 15 is 0 Å². The molecule has 2 N–H and O–H groups in total. The van der Waals surface area contributed by atoms with E-state index < -0.39 is 0 Å². The number of amides is 1. The number of H-pyrrole nitrogens is 1. The summed E-state index contributed by atoms with van der Waals surface area (Å²) in [6.07, 6.45) is 3.07. The third kappa shape index (κ3) is 5.37. The summed E-state index contributed by atoms with van der Waals surface area (Å²) in [5.41, 5.74) is 3.42. The molecule has 6 nitrogen and oxygen atoms in total. The Kier molecular flexibility index (Phi) is 6.68. The second kappa shape index (κ2) is 9.81. The highest BCUT2D eigenvalue weighted by Crippen LogP contribution is 2.25. The van der Waals surface area contributed by atoms with E-state index in [-0.39, 0.29) is 24.2 Å². The quantitative estimate of drug-likeness (QED) is 0.419. The minimum absolute atomic E-state index is 0.147. The monoisotopic (exact) mass is 445 g/mol. The number of hydrogen-bond donors (Lipinski definition) is 2. The fourth-order valence-electron chi connectivity index (χ4n) is 3.95. The van der Waals surface area contributed by atoms with Gasteiger partial charge < -0.3 is 15.2 Å². The van der Waals surface area contributed by atoms with Gasteiger partial charge in [0.1, 0.15) is 17.5 Å². The maximum Gasteiger partial charge on any atom is 0.220 e. The molecule has 0 fully saturated rings. The molecule has 1 atom stereocenters. The van der Waals surface area contributed by atoms with Crippen molar-refractivity contribution in [2.24, 2.45) is 0 Å². The summed E-state index contributed by atoms with van der Waals surface area (Å²) in [5, 5.41) is 4.25. The summed E-state index contributed by atoms with van der Waals surface area (Å²) in [7, 11) is 3.85. The van der Waals surface area contributed by atoms with E-state index in [1.165, 1.54) is 6.07 Å². The number of nitrogens with zero attached hydrogens (tertiary/aromatic N) is 3. The van der Waals surface area contributed by atoms with E-state index in [0.717, 1.165) is 28.0 Å². The molecule has 0 saturated heterocycles. The molecule has 0 aliphatic rings. The van der Waals surface area contributed by atoms with Crippen molar-refractivity contribution >= 4 is 22.6 Å². The Hall–Kier alpha value is -3.74. The van der Waals surface area contributed by atoms with Crippen LogP contribution in [0.2, 0.25) is 0 Å². The molecule has 0 bridgehead atoms. The van der Waals surface area contributed by atoms with Gasteiger partial charge in [0.2, 0.25) is 5.91 Å². The Morgan fingerprint density at radius 1 is 1.09 bits per heavy atom. The van der Waals surface area contributed by atoms with Crippen LogP contribution in [-0.4, -0.2) is 35.0 Å². The van der Waals surface area contributed by atoms with Crippen LogP contribution < -0.4 is 10.2 Å². The van der Waals surface area contributed by atoms with Crippen molar-refractivity contribution in [1.29, 1.82) is 0 Å². The second-order valence-electron chi connectivity index (χ2n) is 8.37. The number of carbonyl (C=O) groups is 1. The molecule has 33 heavy (non-hydrogen) atoms. The minimum atomic E-state index is -0.349. The number of benzene rings is 2. The predicted molar refractivity (Wildman–Crippen MR) is 129 cm³/mol. The summed E-state index contributed by atoms with van der Waals surface area (Å²) < 4.78 is 14.0. The maximum atomic E-state index is 14.0. The maximum absolute atomic E-state index is 14.0. The van der Waals surface area contributed by atoms with Gasteiger partial charge >= 0.3 is 0 Å². The lowest BCUT2D eigenvalue weighted by Gasteiger charge is -2.21.